The normalized spacial score (nSPS) is 12.5. The minimum Gasteiger partial charge on any atom is -0.491 e. The van der Waals surface area contributed by atoms with Crippen molar-refractivity contribution < 1.29 is 33.6 Å². The first kappa shape index (κ1) is 28.3. The van der Waals surface area contributed by atoms with Crippen molar-refractivity contribution in [1.29, 1.82) is 0 Å². The van der Waals surface area contributed by atoms with Crippen LogP contribution < -0.4 is 9.47 Å². The van der Waals surface area contributed by atoms with E-state index in [0.717, 1.165) is 23.3 Å². The van der Waals surface area contributed by atoms with Crippen LogP contribution in [0, 0.1) is 4.91 Å². The van der Waals surface area contributed by atoms with Crippen LogP contribution in [-0.2, 0) is 24.5 Å². The Morgan fingerprint density at radius 2 is 1.28 bits per heavy atom. The van der Waals surface area contributed by atoms with Crippen LogP contribution in [0.5, 0.6) is 11.5 Å². The molecule has 0 fully saturated rings. The molecule has 0 saturated heterocycles. The van der Waals surface area contributed by atoms with Gasteiger partial charge in [0.2, 0.25) is 0 Å². The lowest BCUT2D eigenvalue weighted by atomic mass is 9.78. The summed E-state index contributed by atoms with van der Waals surface area (Å²) in [6.45, 7) is 10.3. The van der Waals surface area contributed by atoms with Crippen LogP contribution in [0.15, 0.2) is 79.0 Å². The predicted octanol–water partition coefficient (Wildman–Crippen LogP) is 3.72. The number of ether oxygens (including phenoxy) is 4. The minimum absolute atomic E-state index is 0.0220. The minimum atomic E-state index is -0.953. The van der Waals surface area contributed by atoms with Crippen LogP contribution in [0.4, 0.5) is 0 Å². The lowest BCUT2D eigenvalue weighted by molar-refractivity contribution is -0.141. The Kier molecular flexibility index (Phi) is 10.8. The maximum atomic E-state index is 11.1. The maximum Gasteiger partial charge on any atom is 0.330 e. The van der Waals surface area contributed by atoms with Gasteiger partial charge in [0, 0.05) is 17.6 Å². The number of esters is 2. The van der Waals surface area contributed by atoms with Crippen LogP contribution >= 0.6 is 0 Å². The second-order valence-corrected chi connectivity index (χ2v) is 8.38. The summed E-state index contributed by atoms with van der Waals surface area (Å²) in [6, 6.07) is 14.1. The molecule has 9 heteroatoms. The summed E-state index contributed by atoms with van der Waals surface area (Å²) >= 11 is 0. The van der Waals surface area contributed by atoms with E-state index >= 15 is 0 Å². The third kappa shape index (κ3) is 8.66. The lowest BCUT2D eigenvalue weighted by Crippen LogP contribution is -2.24. The van der Waals surface area contributed by atoms with Crippen molar-refractivity contribution in [1.82, 2.24) is 0 Å². The van der Waals surface area contributed by atoms with Crippen molar-refractivity contribution in [3.8, 4) is 11.5 Å². The smallest absolute Gasteiger partial charge is 0.330 e. The number of aliphatic hydroxyl groups excluding tert-OH is 1. The average molecular weight is 498 g/mol. The van der Waals surface area contributed by atoms with Gasteiger partial charge in [-0.1, -0.05) is 56.4 Å². The molecule has 0 aliphatic heterocycles. The molecule has 2 aromatic rings. The number of hydrogen-bond acceptors (Lipinski definition) is 9. The van der Waals surface area contributed by atoms with Crippen LogP contribution in [0.25, 0.3) is 0 Å². The van der Waals surface area contributed by atoms with E-state index in [1.165, 1.54) is 0 Å². The van der Waals surface area contributed by atoms with E-state index in [9.17, 15) is 19.6 Å². The Hall–Kier alpha value is -3.98. The molecule has 0 spiro atoms. The van der Waals surface area contributed by atoms with Gasteiger partial charge in [-0.15, -0.1) is 0 Å². The van der Waals surface area contributed by atoms with Gasteiger partial charge in [0.25, 0.3) is 0 Å². The zero-order valence-electron chi connectivity index (χ0n) is 20.4. The van der Waals surface area contributed by atoms with Gasteiger partial charge in [0.15, 0.2) is 6.04 Å². The monoisotopic (exact) mass is 497 g/mol. The van der Waals surface area contributed by atoms with E-state index in [1.54, 1.807) is 12.1 Å². The molecule has 0 radical (unpaired) electrons. The Labute approximate surface area is 210 Å². The highest BCUT2D eigenvalue weighted by molar-refractivity contribution is 5.81. The third-order valence-corrected chi connectivity index (χ3v) is 5.36. The molecule has 0 heterocycles. The summed E-state index contributed by atoms with van der Waals surface area (Å²) in [7, 11) is 0. The quantitative estimate of drug-likeness (QED) is 0.225. The number of rotatable bonds is 15. The molecule has 2 atom stereocenters. The fourth-order valence-corrected chi connectivity index (χ4v) is 3.12. The molecule has 0 aliphatic rings. The maximum absolute atomic E-state index is 11.1. The van der Waals surface area contributed by atoms with Gasteiger partial charge >= 0.3 is 11.9 Å². The highest BCUT2D eigenvalue weighted by atomic mass is 16.5. The molecule has 1 N–H and O–H groups in total. The van der Waals surface area contributed by atoms with E-state index < -0.39 is 24.1 Å². The number of hydrogen-bond donors (Lipinski definition) is 1. The molecule has 2 rings (SSSR count). The molecule has 2 aromatic carbocycles. The Balaban J connectivity index is 1.92. The molecule has 0 saturated carbocycles. The predicted molar refractivity (Wildman–Crippen MR) is 134 cm³/mol. The molecule has 9 nitrogen and oxygen atoms in total. The highest BCUT2D eigenvalue weighted by Gasteiger charge is 2.23. The SMILES string of the molecule is C=CC(=O)OCC(O)COc1ccc(C(C)(C)c2ccc(OCC(COC(=O)C=C)N=O)cc2)cc1. The van der Waals surface area contributed by atoms with Crippen molar-refractivity contribution in [2.45, 2.75) is 31.4 Å². The summed E-state index contributed by atoms with van der Waals surface area (Å²) < 4.78 is 20.8. The van der Waals surface area contributed by atoms with E-state index in [1.807, 2.05) is 36.4 Å². The fraction of sp³-hybridized carbons (Fsp3) is 0.333. The van der Waals surface area contributed by atoms with Gasteiger partial charge in [0.05, 0.1) is 0 Å². The van der Waals surface area contributed by atoms with E-state index in [-0.39, 0.29) is 31.8 Å². The summed E-state index contributed by atoms with van der Waals surface area (Å²) in [4.78, 5) is 33.1. The van der Waals surface area contributed by atoms with Crippen LogP contribution in [-0.4, -0.2) is 55.6 Å². The second kappa shape index (κ2) is 13.8. The van der Waals surface area contributed by atoms with Crippen molar-refractivity contribution in [2.75, 3.05) is 26.4 Å². The molecular formula is C27H31NO8. The van der Waals surface area contributed by atoms with Gasteiger partial charge in [-0.25, -0.2) is 9.59 Å². The first-order valence-corrected chi connectivity index (χ1v) is 11.2. The van der Waals surface area contributed by atoms with E-state index in [4.69, 9.17) is 18.9 Å². The zero-order chi connectivity index (χ0) is 26.6. The van der Waals surface area contributed by atoms with Gasteiger partial charge in [-0.05, 0) is 35.4 Å². The molecule has 192 valence electrons. The van der Waals surface area contributed by atoms with E-state index in [2.05, 4.69) is 32.2 Å². The fourth-order valence-electron chi connectivity index (χ4n) is 3.12. The number of carbonyl (C=O) groups is 2. The molecule has 2 unspecified atom stereocenters. The van der Waals surface area contributed by atoms with Gasteiger partial charge in [0.1, 0.15) is 44.0 Å². The summed E-state index contributed by atoms with van der Waals surface area (Å²) in [5, 5.41) is 12.8. The molecule has 36 heavy (non-hydrogen) atoms. The average Bonchev–Trinajstić information content (AvgIpc) is 2.90. The first-order valence-electron chi connectivity index (χ1n) is 11.2. The van der Waals surface area contributed by atoms with E-state index in [0.29, 0.717) is 11.5 Å². The first-order chi connectivity index (χ1) is 17.2. The zero-order valence-corrected chi connectivity index (χ0v) is 20.4. The lowest BCUT2D eigenvalue weighted by Gasteiger charge is -2.26. The number of carbonyl (C=O) groups excluding carboxylic acids is 2. The van der Waals surface area contributed by atoms with Crippen molar-refractivity contribution in [3.05, 3.63) is 89.9 Å². The molecular weight excluding hydrogens is 466 g/mol. The molecule has 0 amide bonds. The third-order valence-electron chi connectivity index (χ3n) is 5.36. The largest absolute Gasteiger partial charge is 0.491 e. The van der Waals surface area contributed by atoms with Crippen LogP contribution in [0.2, 0.25) is 0 Å². The van der Waals surface area contributed by atoms with Gasteiger partial charge in [-0.3, -0.25) is 0 Å². The second-order valence-electron chi connectivity index (χ2n) is 8.38. The van der Waals surface area contributed by atoms with Crippen LogP contribution in [0.3, 0.4) is 0 Å². The Bertz CT molecular complexity index is 1030. The Morgan fingerprint density at radius 1 is 0.833 bits per heavy atom. The summed E-state index contributed by atoms with van der Waals surface area (Å²) in [5.74, 6) is -0.100. The number of aliphatic hydroxyl groups is 1. The molecule has 0 aromatic heterocycles. The molecule has 0 aliphatic carbocycles. The molecule has 0 bridgehead atoms. The number of nitrogens with zero attached hydrogens (tertiary/aromatic N) is 1. The highest BCUT2D eigenvalue weighted by Crippen LogP contribution is 2.33. The van der Waals surface area contributed by atoms with Crippen molar-refractivity contribution >= 4 is 11.9 Å². The topological polar surface area (TPSA) is 121 Å². The van der Waals surface area contributed by atoms with Gasteiger partial charge in [-0.2, -0.15) is 4.91 Å². The number of benzene rings is 2. The van der Waals surface area contributed by atoms with Gasteiger partial charge < -0.3 is 24.1 Å². The standard InChI is InChI=1S/C27H31NO8/c1-5-25(30)35-16-21(28-32)15-33-23-11-7-19(8-12-23)27(3,4)20-9-13-24(14-10-20)34-17-22(29)18-36-26(31)6-2/h5-14,21-22,29H,1-2,15-18H2,3-4H3. The van der Waals surface area contributed by atoms with Crippen LogP contribution in [0.1, 0.15) is 25.0 Å². The summed E-state index contributed by atoms with van der Waals surface area (Å²) in [6.07, 6.45) is 1.09. The van der Waals surface area contributed by atoms with Crippen molar-refractivity contribution in [2.24, 2.45) is 5.18 Å². The number of nitroso groups, excluding NO2 is 1. The Morgan fingerprint density at radius 3 is 1.72 bits per heavy atom. The van der Waals surface area contributed by atoms with Crippen molar-refractivity contribution in [3.63, 3.8) is 0 Å². The summed E-state index contributed by atoms with van der Waals surface area (Å²) in [5.41, 5.74) is 1.74.